The van der Waals surface area contributed by atoms with Gasteiger partial charge in [0.05, 0.1) is 20.3 Å². The van der Waals surface area contributed by atoms with Crippen LogP contribution in [-0.2, 0) is 6.54 Å². The molecule has 0 amide bonds. The van der Waals surface area contributed by atoms with Crippen LogP contribution in [0.25, 0.3) is 0 Å². The van der Waals surface area contributed by atoms with Crippen LogP contribution in [0.15, 0.2) is 53.5 Å². The Morgan fingerprint density at radius 3 is 2.77 bits per heavy atom. The molecule has 1 saturated heterocycles. The zero-order valence-corrected chi connectivity index (χ0v) is 18.5. The molecule has 1 unspecified atom stereocenters. The highest BCUT2D eigenvalue weighted by molar-refractivity contribution is 5.80. The monoisotopic (exact) mass is 426 g/mol. The summed E-state index contributed by atoms with van der Waals surface area (Å²) >= 11 is 0. The van der Waals surface area contributed by atoms with Crippen LogP contribution >= 0.6 is 0 Å². The van der Waals surface area contributed by atoms with Crippen LogP contribution in [-0.4, -0.2) is 57.1 Å². The van der Waals surface area contributed by atoms with Crippen LogP contribution in [0.5, 0.6) is 11.5 Å². The van der Waals surface area contributed by atoms with Gasteiger partial charge in [-0.15, -0.1) is 0 Å². The number of aliphatic hydroxyl groups is 1. The molecule has 1 fully saturated rings. The molecule has 3 rings (SSSR count). The first kappa shape index (κ1) is 22.7. The van der Waals surface area contributed by atoms with Gasteiger partial charge in [0.25, 0.3) is 0 Å². The summed E-state index contributed by atoms with van der Waals surface area (Å²) in [5.74, 6) is 2.09. The van der Waals surface area contributed by atoms with Crippen molar-refractivity contribution in [2.45, 2.75) is 32.4 Å². The van der Waals surface area contributed by atoms with E-state index in [0.29, 0.717) is 24.1 Å². The highest BCUT2D eigenvalue weighted by Gasteiger charge is 2.21. The molecule has 1 aliphatic rings. The van der Waals surface area contributed by atoms with E-state index < -0.39 is 0 Å². The van der Waals surface area contributed by atoms with Gasteiger partial charge in [-0.3, -0.25) is 0 Å². The molecule has 0 bridgehead atoms. The average Bonchev–Trinajstić information content (AvgIpc) is 2.82. The standard InChI is InChI=1S/C24H34N4O3/c1-3-25-24(26-17-19-11-12-22(31-15-14-29)23(16-19)30-2)27-20-8-7-13-28(18-20)21-9-5-4-6-10-21/h4-6,9-12,16,20,29H,3,7-8,13-15,17-18H2,1-2H3,(H2,25,26,27). The molecule has 168 valence electrons. The second kappa shape index (κ2) is 12.1. The molecular weight excluding hydrogens is 392 g/mol. The maximum atomic E-state index is 8.96. The molecule has 0 spiro atoms. The third-order valence-electron chi connectivity index (χ3n) is 5.22. The third-order valence-corrected chi connectivity index (χ3v) is 5.22. The number of para-hydroxylation sites is 1. The molecule has 1 aliphatic heterocycles. The van der Waals surface area contributed by atoms with Gasteiger partial charge in [0.2, 0.25) is 0 Å². The van der Waals surface area contributed by atoms with E-state index in [-0.39, 0.29) is 13.2 Å². The number of hydrogen-bond acceptors (Lipinski definition) is 5. The molecule has 0 aliphatic carbocycles. The first-order valence-corrected chi connectivity index (χ1v) is 11.0. The molecule has 31 heavy (non-hydrogen) atoms. The van der Waals surface area contributed by atoms with E-state index >= 15 is 0 Å². The lowest BCUT2D eigenvalue weighted by Gasteiger charge is -2.35. The average molecular weight is 427 g/mol. The SMILES string of the molecule is CCNC(=NCc1ccc(OCCO)c(OC)c1)NC1CCCN(c2ccccc2)C1. The fourth-order valence-electron chi connectivity index (χ4n) is 3.74. The van der Waals surface area contributed by atoms with Crippen LogP contribution in [0.3, 0.4) is 0 Å². The van der Waals surface area contributed by atoms with Crippen molar-refractivity contribution < 1.29 is 14.6 Å². The van der Waals surface area contributed by atoms with Crippen molar-refractivity contribution in [2.75, 3.05) is 44.9 Å². The lowest BCUT2D eigenvalue weighted by Crippen LogP contribution is -2.51. The number of nitrogens with one attached hydrogen (secondary N) is 2. The number of piperidine rings is 1. The van der Waals surface area contributed by atoms with Crippen molar-refractivity contribution >= 4 is 11.6 Å². The summed E-state index contributed by atoms with van der Waals surface area (Å²) in [6, 6.07) is 16.7. The normalized spacial score (nSPS) is 16.7. The predicted octanol–water partition coefficient (Wildman–Crippen LogP) is 2.79. The van der Waals surface area contributed by atoms with Gasteiger partial charge in [-0.2, -0.15) is 0 Å². The van der Waals surface area contributed by atoms with Crippen LogP contribution in [0, 0.1) is 0 Å². The van der Waals surface area contributed by atoms with Crippen molar-refractivity contribution in [2.24, 2.45) is 4.99 Å². The van der Waals surface area contributed by atoms with Gasteiger partial charge < -0.3 is 30.1 Å². The molecule has 7 heteroatoms. The van der Waals surface area contributed by atoms with Gasteiger partial charge in [-0.05, 0) is 49.6 Å². The summed E-state index contributed by atoms with van der Waals surface area (Å²) in [5.41, 5.74) is 2.30. The number of ether oxygens (including phenoxy) is 2. The van der Waals surface area contributed by atoms with Gasteiger partial charge in [-0.25, -0.2) is 4.99 Å². The number of rotatable bonds is 9. The zero-order valence-electron chi connectivity index (χ0n) is 18.5. The minimum absolute atomic E-state index is 0.0320. The smallest absolute Gasteiger partial charge is 0.191 e. The van der Waals surface area contributed by atoms with E-state index in [0.717, 1.165) is 44.0 Å². The largest absolute Gasteiger partial charge is 0.493 e. The van der Waals surface area contributed by atoms with Crippen LogP contribution in [0.4, 0.5) is 5.69 Å². The van der Waals surface area contributed by atoms with E-state index in [1.807, 2.05) is 18.2 Å². The maximum Gasteiger partial charge on any atom is 0.191 e. The fourth-order valence-corrected chi connectivity index (χ4v) is 3.74. The Balaban J connectivity index is 1.63. The van der Waals surface area contributed by atoms with Crippen molar-refractivity contribution in [3.8, 4) is 11.5 Å². The second-order valence-corrected chi connectivity index (χ2v) is 7.52. The Morgan fingerprint density at radius 2 is 2.03 bits per heavy atom. The number of aliphatic imine (C=N–C) groups is 1. The molecule has 0 saturated carbocycles. The van der Waals surface area contributed by atoms with Crippen LogP contribution < -0.4 is 25.0 Å². The minimum Gasteiger partial charge on any atom is -0.493 e. The van der Waals surface area contributed by atoms with Gasteiger partial charge in [0.15, 0.2) is 17.5 Å². The van der Waals surface area contributed by atoms with Crippen molar-refractivity contribution in [1.29, 1.82) is 0 Å². The molecular formula is C24H34N4O3. The van der Waals surface area contributed by atoms with E-state index in [4.69, 9.17) is 19.6 Å². The van der Waals surface area contributed by atoms with E-state index in [9.17, 15) is 0 Å². The molecule has 2 aromatic carbocycles. The van der Waals surface area contributed by atoms with Gasteiger partial charge in [-0.1, -0.05) is 24.3 Å². The summed E-state index contributed by atoms with van der Waals surface area (Å²) in [4.78, 5) is 7.21. The second-order valence-electron chi connectivity index (χ2n) is 7.52. The summed E-state index contributed by atoms with van der Waals surface area (Å²) < 4.78 is 10.9. The van der Waals surface area contributed by atoms with Crippen LogP contribution in [0.2, 0.25) is 0 Å². The Kier molecular flexibility index (Phi) is 8.84. The van der Waals surface area contributed by atoms with Crippen molar-refractivity contribution in [3.63, 3.8) is 0 Å². The Morgan fingerprint density at radius 1 is 1.19 bits per heavy atom. The molecule has 2 aromatic rings. The quantitative estimate of drug-likeness (QED) is 0.423. The first-order chi connectivity index (χ1) is 15.2. The Bertz CT molecular complexity index is 829. The topological polar surface area (TPSA) is 78.4 Å². The molecule has 7 nitrogen and oxygen atoms in total. The molecule has 0 radical (unpaired) electrons. The molecule has 1 atom stereocenters. The van der Waals surface area contributed by atoms with Crippen LogP contribution in [0.1, 0.15) is 25.3 Å². The fraction of sp³-hybridized carbons (Fsp3) is 0.458. The van der Waals surface area contributed by atoms with E-state index in [1.54, 1.807) is 7.11 Å². The Labute approximate surface area is 185 Å². The summed E-state index contributed by atoms with van der Waals surface area (Å²) in [5, 5.41) is 15.9. The summed E-state index contributed by atoms with van der Waals surface area (Å²) in [6.45, 7) is 5.66. The van der Waals surface area contributed by atoms with E-state index in [2.05, 4.69) is 52.8 Å². The number of benzene rings is 2. The summed E-state index contributed by atoms with van der Waals surface area (Å²) in [6.07, 6.45) is 2.27. The molecule has 3 N–H and O–H groups in total. The maximum absolute atomic E-state index is 8.96. The number of nitrogens with zero attached hydrogens (tertiary/aromatic N) is 2. The number of hydrogen-bond donors (Lipinski definition) is 3. The highest BCUT2D eigenvalue weighted by Crippen LogP contribution is 2.28. The molecule has 1 heterocycles. The molecule has 0 aromatic heterocycles. The van der Waals surface area contributed by atoms with Gasteiger partial charge >= 0.3 is 0 Å². The van der Waals surface area contributed by atoms with Gasteiger partial charge in [0, 0.05) is 31.4 Å². The van der Waals surface area contributed by atoms with Crippen molar-refractivity contribution in [3.05, 3.63) is 54.1 Å². The highest BCUT2D eigenvalue weighted by atomic mass is 16.5. The van der Waals surface area contributed by atoms with E-state index in [1.165, 1.54) is 5.69 Å². The first-order valence-electron chi connectivity index (χ1n) is 11.0. The minimum atomic E-state index is -0.0320. The lowest BCUT2D eigenvalue weighted by atomic mass is 10.1. The third kappa shape index (κ3) is 6.79. The number of anilines is 1. The lowest BCUT2D eigenvalue weighted by molar-refractivity contribution is 0.196. The number of aliphatic hydroxyl groups excluding tert-OH is 1. The number of guanidine groups is 1. The Hall–Kier alpha value is -2.93. The van der Waals surface area contributed by atoms with Crippen molar-refractivity contribution in [1.82, 2.24) is 10.6 Å². The zero-order chi connectivity index (χ0) is 21.9. The summed E-state index contributed by atoms with van der Waals surface area (Å²) in [7, 11) is 1.61. The number of methoxy groups -OCH3 is 1. The predicted molar refractivity (Wildman–Crippen MR) is 125 cm³/mol. The van der Waals surface area contributed by atoms with Gasteiger partial charge in [0.1, 0.15) is 6.61 Å².